The summed E-state index contributed by atoms with van der Waals surface area (Å²) in [6.45, 7) is 2.55. The molecule has 0 aliphatic heterocycles. The molecule has 2 aromatic carbocycles. The minimum atomic E-state index is -0.144. The monoisotopic (exact) mass is 388 g/mol. The molecule has 5 nitrogen and oxygen atoms in total. The molecule has 2 aromatic heterocycles. The van der Waals surface area contributed by atoms with Crippen LogP contribution in [0.15, 0.2) is 73.2 Å². The fraction of sp³-hybridized carbons (Fsp3) is 0.136. The molecule has 0 radical (unpaired) electrons. The largest absolute Gasteiger partial charge is 0.331 e. The Morgan fingerprint density at radius 2 is 1.86 bits per heavy atom. The summed E-state index contributed by atoms with van der Waals surface area (Å²) in [4.78, 5) is 22.6. The predicted molar refractivity (Wildman–Crippen MR) is 112 cm³/mol. The molecule has 1 N–H and O–H groups in total. The van der Waals surface area contributed by atoms with Gasteiger partial charge in [-0.05, 0) is 24.1 Å². The van der Waals surface area contributed by atoms with Gasteiger partial charge in [0, 0.05) is 42.0 Å². The zero-order valence-electron chi connectivity index (χ0n) is 15.5. The molecule has 0 saturated carbocycles. The molecular weight excluding hydrogens is 368 g/mol. The summed E-state index contributed by atoms with van der Waals surface area (Å²) in [5, 5.41) is 3.56. The number of hydrogen-bond donors (Lipinski definition) is 1. The van der Waals surface area contributed by atoms with Crippen molar-refractivity contribution in [2.45, 2.75) is 19.9 Å². The van der Waals surface area contributed by atoms with E-state index in [9.17, 15) is 4.79 Å². The number of nitrogens with one attached hydrogen (secondary N) is 1. The standard InChI is InChI=1S/C22H20N4OS/c1-16-23-11-12-26(16)15-18-9-5-6-10-20(18)21(27)25-22-24-14-19(28-22)13-17-7-3-2-4-8-17/h2-12,14H,13,15H2,1H3,(H,24,25,27). The zero-order valence-corrected chi connectivity index (χ0v) is 16.3. The Kier molecular flexibility index (Phi) is 5.30. The van der Waals surface area contributed by atoms with Crippen LogP contribution in [0.2, 0.25) is 0 Å². The summed E-state index contributed by atoms with van der Waals surface area (Å²) in [7, 11) is 0. The van der Waals surface area contributed by atoms with Crippen molar-refractivity contribution < 1.29 is 4.79 Å². The van der Waals surface area contributed by atoms with E-state index in [4.69, 9.17) is 0 Å². The van der Waals surface area contributed by atoms with Gasteiger partial charge in [0.25, 0.3) is 5.91 Å². The maximum Gasteiger partial charge on any atom is 0.257 e. The molecule has 1 amide bonds. The van der Waals surface area contributed by atoms with Crippen LogP contribution in [0, 0.1) is 6.92 Å². The van der Waals surface area contributed by atoms with E-state index in [1.807, 2.05) is 66.3 Å². The molecule has 4 rings (SSSR count). The molecule has 0 unspecified atom stereocenters. The normalized spacial score (nSPS) is 10.8. The lowest BCUT2D eigenvalue weighted by molar-refractivity contribution is 0.102. The molecule has 0 atom stereocenters. The quantitative estimate of drug-likeness (QED) is 0.527. The summed E-state index contributed by atoms with van der Waals surface area (Å²) < 4.78 is 2.02. The van der Waals surface area contributed by atoms with Gasteiger partial charge in [0.2, 0.25) is 0 Å². The first kappa shape index (κ1) is 18.1. The van der Waals surface area contributed by atoms with Crippen LogP contribution in [0.1, 0.15) is 32.2 Å². The smallest absolute Gasteiger partial charge is 0.257 e. The number of anilines is 1. The SMILES string of the molecule is Cc1nccn1Cc1ccccc1C(=O)Nc1ncc(Cc2ccccc2)s1. The number of hydrogen-bond acceptors (Lipinski definition) is 4. The Balaban J connectivity index is 1.48. The molecule has 0 spiro atoms. The van der Waals surface area contributed by atoms with E-state index in [0.717, 1.165) is 22.7 Å². The second-order valence-electron chi connectivity index (χ2n) is 6.51. The second kappa shape index (κ2) is 8.19. The Morgan fingerprint density at radius 3 is 2.64 bits per heavy atom. The molecule has 0 aliphatic carbocycles. The molecule has 140 valence electrons. The van der Waals surface area contributed by atoms with Crippen LogP contribution in [0.5, 0.6) is 0 Å². The van der Waals surface area contributed by atoms with Crippen LogP contribution in [-0.2, 0) is 13.0 Å². The Labute approximate surface area is 167 Å². The van der Waals surface area contributed by atoms with Gasteiger partial charge in [0.1, 0.15) is 5.82 Å². The first-order valence-corrected chi connectivity index (χ1v) is 9.86. The van der Waals surface area contributed by atoms with Gasteiger partial charge >= 0.3 is 0 Å². The van der Waals surface area contributed by atoms with E-state index < -0.39 is 0 Å². The highest BCUT2D eigenvalue weighted by Gasteiger charge is 2.14. The van der Waals surface area contributed by atoms with Crippen molar-refractivity contribution in [2.75, 3.05) is 5.32 Å². The molecule has 0 fully saturated rings. The van der Waals surface area contributed by atoms with Crippen molar-refractivity contribution in [3.63, 3.8) is 0 Å². The Morgan fingerprint density at radius 1 is 1.07 bits per heavy atom. The molecular formula is C22H20N4OS. The topological polar surface area (TPSA) is 59.8 Å². The van der Waals surface area contributed by atoms with Crippen LogP contribution in [0.3, 0.4) is 0 Å². The molecule has 4 aromatic rings. The Bertz CT molecular complexity index is 1080. The number of carbonyl (C=O) groups is 1. The molecule has 0 bridgehead atoms. The van der Waals surface area contributed by atoms with Crippen LogP contribution >= 0.6 is 11.3 Å². The number of aryl methyl sites for hydroxylation is 1. The van der Waals surface area contributed by atoms with E-state index >= 15 is 0 Å². The fourth-order valence-electron chi connectivity index (χ4n) is 3.04. The number of aromatic nitrogens is 3. The zero-order chi connectivity index (χ0) is 19.3. The second-order valence-corrected chi connectivity index (χ2v) is 7.62. The third-order valence-electron chi connectivity index (χ3n) is 4.52. The van der Waals surface area contributed by atoms with Gasteiger partial charge in [-0.25, -0.2) is 9.97 Å². The van der Waals surface area contributed by atoms with Crippen molar-refractivity contribution in [3.8, 4) is 0 Å². The summed E-state index contributed by atoms with van der Waals surface area (Å²) in [5.74, 6) is 0.773. The van der Waals surface area contributed by atoms with Crippen molar-refractivity contribution in [2.24, 2.45) is 0 Å². The van der Waals surface area contributed by atoms with Crippen molar-refractivity contribution in [3.05, 3.63) is 101 Å². The van der Waals surface area contributed by atoms with Crippen LogP contribution in [0.25, 0.3) is 0 Å². The van der Waals surface area contributed by atoms with E-state index in [1.54, 1.807) is 6.20 Å². The maximum atomic E-state index is 12.8. The Hall–Kier alpha value is -3.25. The van der Waals surface area contributed by atoms with E-state index in [0.29, 0.717) is 17.2 Å². The average molecular weight is 388 g/mol. The summed E-state index contributed by atoms with van der Waals surface area (Å²) >= 11 is 1.51. The van der Waals surface area contributed by atoms with E-state index in [2.05, 4.69) is 27.4 Å². The number of amides is 1. The van der Waals surface area contributed by atoms with Crippen LogP contribution in [0.4, 0.5) is 5.13 Å². The number of rotatable bonds is 6. The van der Waals surface area contributed by atoms with Gasteiger partial charge < -0.3 is 4.57 Å². The van der Waals surface area contributed by atoms with Gasteiger partial charge in [-0.1, -0.05) is 48.5 Å². The predicted octanol–water partition coefficient (Wildman–Crippen LogP) is 4.54. The third kappa shape index (κ3) is 4.18. The van der Waals surface area contributed by atoms with Crippen LogP contribution < -0.4 is 5.32 Å². The molecule has 28 heavy (non-hydrogen) atoms. The van der Waals surface area contributed by atoms with Crippen molar-refractivity contribution in [1.82, 2.24) is 14.5 Å². The molecule has 2 heterocycles. The van der Waals surface area contributed by atoms with Gasteiger partial charge in [-0.2, -0.15) is 0 Å². The van der Waals surface area contributed by atoms with Crippen molar-refractivity contribution >= 4 is 22.4 Å². The van der Waals surface area contributed by atoms with Gasteiger partial charge in [0.15, 0.2) is 5.13 Å². The lowest BCUT2D eigenvalue weighted by Gasteiger charge is -2.10. The highest BCUT2D eigenvalue weighted by Crippen LogP contribution is 2.22. The number of nitrogens with zero attached hydrogens (tertiary/aromatic N) is 3. The summed E-state index contributed by atoms with van der Waals surface area (Å²) in [5.41, 5.74) is 2.82. The maximum absolute atomic E-state index is 12.8. The summed E-state index contributed by atoms with van der Waals surface area (Å²) in [6, 6.07) is 17.9. The van der Waals surface area contributed by atoms with Crippen molar-refractivity contribution in [1.29, 1.82) is 0 Å². The number of imidazole rings is 1. The average Bonchev–Trinajstić information content (AvgIpc) is 3.32. The van der Waals surface area contributed by atoms with Gasteiger partial charge in [-0.15, -0.1) is 11.3 Å². The van der Waals surface area contributed by atoms with Crippen LogP contribution in [-0.4, -0.2) is 20.4 Å². The highest BCUT2D eigenvalue weighted by molar-refractivity contribution is 7.15. The third-order valence-corrected chi connectivity index (χ3v) is 5.43. The van der Waals surface area contributed by atoms with E-state index in [1.165, 1.54) is 16.9 Å². The lowest BCUT2D eigenvalue weighted by Crippen LogP contribution is -2.15. The highest BCUT2D eigenvalue weighted by atomic mass is 32.1. The summed E-state index contributed by atoms with van der Waals surface area (Å²) in [6.07, 6.45) is 6.32. The minimum absolute atomic E-state index is 0.144. The van der Waals surface area contributed by atoms with E-state index in [-0.39, 0.29) is 5.91 Å². The number of benzene rings is 2. The first-order chi connectivity index (χ1) is 13.7. The molecule has 6 heteroatoms. The fourth-order valence-corrected chi connectivity index (χ4v) is 3.88. The van der Waals surface area contributed by atoms with Gasteiger partial charge in [-0.3, -0.25) is 10.1 Å². The minimum Gasteiger partial charge on any atom is -0.331 e. The molecule has 0 saturated heterocycles. The first-order valence-electron chi connectivity index (χ1n) is 9.04. The molecule has 0 aliphatic rings. The van der Waals surface area contributed by atoms with Gasteiger partial charge in [0.05, 0.1) is 0 Å². The lowest BCUT2D eigenvalue weighted by atomic mass is 10.1. The number of thiazole rings is 1. The number of carbonyl (C=O) groups excluding carboxylic acids is 1.